The fourth-order valence-corrected chi connectivity index (χ4v) is 3.08. The Balaban J connectivity index is 2.18. The van der Waals surface area contributed by atoms with Gasteiger partial charge in [-0.05, 0) is 47.7 Å². The summed E-state index contributed by atoms with van der Waals surface area (Å²) in [6.07, 6.45) is 0.982. The first-order valence-corrected chi connectivity index (χ1v) is 8.06. The zero-order chi connectivity index (χ0) is 14.5. The lowest BCUT2D eigenvalue weighted by Crippen LogP contribution is -2.27. The third-order valence-corrected chi connectivity index (χ3v) is 4.26. The molecular weight excluding hydrogens is 270 g/mol. The summed E-state index contributed by atoms with van der Waals surface area (Å²) in [4.78, 5) is 1.30. The van der Waals surface area contributed by atoms with Gasteiger partial charge in [0, 0.05) is 4.88 Å². The van der Waals surface area contributed by atoms with Crippen molar-refractivity contribution in [3.8, 4) is 0 Å². The summed E-state index contributed by atoms with van der Waals surface area (Å²) < 4.78 is 1.96. The first kappa shape index (κ1) is 15.1. The van der Waals surface area contributed by atoms with E-state index in [0.29, 0.717) is 5.92 Å². The Bertz CT molecular complexity index is 505. The molecule has 2 aromatic rings. The lowest BCUT2D eigenvalue weighted by molar-refractivity contribution is 0.426. The first-order valence-electron chi connectivity index (χ1n) is 7.18. The van der Waals surface area contributed by atoms with Gasteiger partial charge in [0.25, 0.3) is 0 Å². The van der Waals surface area contributed by atoms with Gasteiger partial charge in [0.1, 0.15) is 0 Å². The Labute approximate surface area is 124 Å². The zero-order valence-corrected chi connectivity index (χ0v) is 13.4. The Hall–Kier alpha value is -1.27. The molecule has 0 aliphatic carbocycles. The fraction of sp³-hybridized carbons (Fsp3) is 0.643. The maximum absolute atomic E-state index is 4.22. The highest BCUT2D eigenvalue weighted by molar-refractivity contribution is 7.10. The van der Waals surface area contributed by atoms with Gasteiger partial charge < -0.3 is 5.32 Å². The van der Waals surface area contributed by atoms with Gasteiger partial charge in [-0.1, -0.05) is 26.8 Å². The highest BCUT2D eigenvalue weighted by atomic mass is 32.1. The molecule has 0 aliphatic heterocycles. The van der Waals surface area contributed by atoms with Crippen LogP contribution >= 0.6 is 11.3 Å². The SMILES string of the molecule is CCC(c1cccs1)n1nnnc1C(C)NCC(C)C. The average Bonchev–Trinajstić information content (AvgIpc) is 3.08. The summed E-state index contributed by atoms with van der Waals surface area (Å²) in [5.74, 6) is 1.52. The normalized spacial score (nSPS) is 14.7. The van der Waals surface area contributed by atoms with E-state index in [-0.39, 0.29) is 12.1 Å². The molecule has 2 rings (SSSR count). The largest absolute Gasteiger partial charge is 0.307 e. The van der Waals surface area contributed by atoms with Gasteiger partial charge >= 0.3 is 0 Å². The van der Waals surface area contributed by atoms with Crippen molar-refractivity contribution < 1.29 is 0 Å². The highest BCUT2D eigenvalue weighted by Crippen LogP contribution is 2.27. The second-order valence-electron chi connectivity index (χ2n) is 5.44. The van der Waals surface area contributed by atoms with Crippen LogP contribution in [0.15, 0.2) is 17.5 Å². The molecule has 5 nitrogen and oxygen atoms in total. The molecule has 0 bridgehead atoms. The molecule has 1 N–H and O–H groups in total. The van der Waals surface area contributed by atoms with Crippen LogP contribution in [0.25, 0.3) is 0 Å². The van der Waals surface area contributed by atoms with Crippen molar-refractivity contribution in [2.45, 2.75) is 46.2 Å². The lowest BCUT2D eigenvalue weighted by atomic mass is 10.1. The predicted octanol–water partition coefficient (Wildman–Crippen LogP) is 3.04. The van der Waals surface area contributed by atoms with E-state index in [0.717, 1.165) is 18.8 Å². The van der Waals surface area contributed by atoms with E-state index in [2.05, 4.69) is 66.0 Å². The van der Waals surface area contributed by atoms with E-state index in [1.807, 2.05) is 4.68 Å². The van der Waals surface area contributed by atoms with Crippen molar-refractivity contribution in [2.24, 2.45) is 5.92 Å². The molecule has 0 spiro atoms. The molecule has 0 saturated carbocycles. The lowest BCUT2D eigenvalue weighted by Gasteiger charge is -2.19. The van der Waals surface area contributed by atoms with Gasteiger partial charge in [0.2, 0.25) is 0 Å². The zero-order valence-electron chi connectivity index (χ0n) is 12.6. The first-order chi connectivity index (χ1) is 9.63. The molecule has 0 aromatic carbocycles. The summed E-state index contributed by atoms with van der Waals surface area (Å²) in [7, 11) is 0. The van der Waals surface area contributed by atoms with E-state index < -0.39 is 0 Å². The maximum atomic E-state index is 4.22. The van der Waals surface area contributed by atoms with E-state index in [4.69, 9.17) is 0 Å². The molecule has 0 radical (unpaired) electrons. The molecule has 110 valence electrons. The van der Waals surface area contributed by atoms with Crippen LogP contribution in [0.5, 0.6) is 0 Å². The minimum absolute atomic E-state index is 0.154. The van der Waals surface area contributed by atoms with Crippen molar-refractivity contribution in [3.05, 3.63) is 28.2 Å². The summed E-state index contributed by atoms with van der Waals surface area (Å²) >= 11 is 1.76. The van der Waals surface area contributed by atoms with E-state index in [1.54, 1.807) is 11.3 Å². The highest BCUT2D eigenvalue weighted by Gasteiger charge is 2.21. The third kappa shape index (κ3) is 3.43. The molecule has 2 aromatic heterocycles. The molecule has 2 unspecified atom stereocenters. The predicted molar refractivity (Wildman–Crippen MR) is 81.8 cm³/mol. The number of nitrogens with zero attached hydrogens (tertiary/aromatic N) is 4. The van der Waals surface area contributed by atoms with E-state index in [9.17, 15) is 0 Å². The molecule has 0 fully saturated rings. The van der Waals surface area contributed by atoms with Crippen molar-refractivity contribution in [1.29, 1.82) is 0 Å². The maximum Gasteiger partial charge on any atom is 0.168 e. The summed E-state index contributed by atoms with van der Waals surface area (Å²) in [5, 5.41) is 17.9. The van der Waals surface area contributed by atoms with E-state index >= 15 is 0 Å². The quantitative estimate of drug-likeness (QED) is 0.852. The average molecular weight is 293 g/mol. The van der Waals surface area contributed by atoms with Crippen LogP contribution < -0.4 is 5.32 Å². The molecule has 0 aliphatic rings. The summed E-state index contributed by atoms with van der Waals surface area (Å²) in [5.41, 5.74) is 0. The Morgan fingerprint density at radius 1 is 1.35 bits per heavy atom. The van der Waals surface area contributed by atoms with Crippen LogP contribution in [0.1, 0.15) is 56.9 Å². The van der Waals surface area contributed by atoms with Crippen molar-refractivity contribution >= 4 is 11.3 Å². The van der Waals surface area contributed by atoms with Crippen LogP contribution in [0.4, 0.5) is 0 Å². The molecule has 0 saturated heterocycles. The van der Waals surface area contributed by atoms with Crippen LogP contribution in [-0.2, 0) is 0 Å². The second-order valence-corrected chi connectivity index (χ2v) is 6.42. The van der Waals surface area contributed by atoms with Gasteiger partial charge in [-0.15, -0.1) is 16.4 Å². The van der Waals surface area contributed by atoms with Crippen molar-refractivity contribution in [3.63, 3.8) is 0 Å². The summed E-state index contributed by atoms with van der Waals surface area (Å²) in [6.45, 7) is 9.64. The van der Waals surface area contributed by atoms with Gasteiger partial charge in [-0.2, -0.15) is 0 Å². The molecule has 20 heavy (non-hydrogen) atoms. The number of aromatic nitrogens is 4. The minimum atomic E-state index is 0.154. The van der Waals surface area contributed by atoms with E-state index in [1.165, 1.54) is 4.88 Å². The topological polar surface area (TPSA) is 55.6 Å². The van der Waals surface area contributed by atoms with Crippen molar-refractivity contribution in [2.75, 3.05) is 6.54 Å². The van der Waals surface area contributed by atoms with Gasteiger partial charge in [-0.25, -0.2) is 4.68 Å². The Morgan fingerprint density at radius 2 is 2.15 bits per heavy atom. The number of thiophene rings is 1. The summed E-state index contributed by atoms with van der Waals surface area (Å²) in [6, 6.07) is 4.61. The van der Waals surface area contributed by atoms with Gasteiger partial charge in [-0.3, -0.25) is 0 Å². The van der Waals surface area contributed by atoms with Crippen LogP contribution in [-0.4, -0.2) is 26.8 Å². The standard InChI is InChI=1S/C14H23N5S/c1-5-12(13-7-6-8-20-13)19-14(16-17-18-19)11(4)15-9-10(2)3/h6-8,10-12,15H,5,9H2,1-4H3. The molecular formula is C14H23N5S. The molecule has 0 amide bonds. The van der Waals surface area contributed by atoms with Crippen molar-refractivity contribution in [1.82, 2.24) is 25.5 Å². The number of rotatable bonds is 7. The number of hydrogen-bond acceptors (Lipinski definition) is 5. The number of tetrazole rings is 1. The second kappa shape index (κ2) is 6.95. The molecule has 2 heterocycles. The number of hydrogen-bond donors (Lipinski definition) is 1. The number of nitrogens with one attached hydrogen (secondary N) is 1. The molecule has 2 atom stereocenters. The third-order valence-electron chi connectivity index (χ3n) is 3.29. The smallest absolute Gasteiger partial charge is 0.168 e. The Morgan fingerprint density at radius 3 is 2.75 bits per heavy atom. The van der Waals surface area contributed by atoms with Crippen LogP contribution in [0.3, 0.4) is 0 Å². The Kier molecular flexibility index (Phi) is 5.25. The van der Waals surface area contributed by atoms with Gasteiger partial charge in [0.05, 0.1) is 12.1 Å². The fourth-order valence-electron chi connectivity index (χ4n) is 2.19. The monoisotopic (exact) mass is 293 g/mol. The molecule has 6 heteroatoms. The minimum Gasteiger partial charge on any atom is -0.307 e. The van der Waals surface area contributed by atoms with Crippen LogP contribution in [0, 0.1) is 5.92 Å². The van der Waals surface area contributed by atoms with Gasteiger partial charge in [0.15, 0.2) is 5.82 Å². The van der Waals surface area contributed by atoms with Crippen LogP contribution in [0.2, 0.25) is 0 Å².